The molecule has 1 saturated heterocycles. The topological polar surface area (TPSA) is 74.0 Å². The summed E-state index contributed by atoms with van der Waals surface area (Å²) >= 11 is 0. The summed E-state index contributed by atoms with van der Waals surface area (Å²) in [5.74, 6) is -0.295. The Morgan fingerprint density at radius 3 is 2.12 bits per heavy atom. The van der Waals surface area contributed by atoms with Crippen LogP contribution in [0.4, 0.5) is 0 Å². The molecule has 34 heavy (non-hydrogen) atoms. The van der Waals surface area contributed by atoms with Gasteiger partial charge < -0.3 is 15.6 Å². The summed E-state index contributed by atoms with van der Waals surface area (Å²) < 4.78 is 0. The summed E-state index contributed by atoms with van der Waals surface area (Å²) in [5.41, 5.74) is 7.96. The van der Waals surface area contributed by atoms with Crippen LogP contribution in [0, 0.1) is 0 Å². The molecule has 0 aliphatic carbocycles. The standard InChI is InChI=1S/C29H39N3O2/c1-9-29(7,8)26-23(16-25-28(34)30-19(6)27(33)32-25)22-14-20(12-10-17(2)3)21(13-11-18(4)5)15-24(22)31-26/h9-11,14-15,19,25,31H,1,12-13,16H2,2-8H3,(H,30,34)(H,32,33)/t19-,25-/m0/s1. The summed E-state index contributed by atoms with van der Waals surface area (Å²) in [6.45, 7) is 18.5. The van der Waals surface area contributed by atoms with Crippen LogP contribution in [-0.2, 0) is 34.3 Å². The molecular weight excluding hydrogens is 422 g/mol. The van der Waals surface area contributed by atoms with Crippen molar-refractivity contribution in [2.75, 3.05) is 0 Å². The molecule has 2 amide bonds. The molecule has 1 aromatic carbocycles. The SMILES string of the molecule is C=CC(C)(C)c1[nH]c2cc(CC=C(C)C)c(CC=C(C)C)cc2c1C[C@@H]1NC(=O)[C@H](C)NC1=O. The van der Waals surface area contributed by atoms with Gasteiger partial charge in [-0.2, -0.15) is 0 Å². The number of carbonyl (C=O) groups excluding carboxylic acids is 2. The van der Waals surface area contributed by atoms with Crippen LogP contribution in [0.1, 0.15) is 70.9 Å². The minimum atomic E-state index is -0.603. The lowest BCUT2D eigenvalue weighted by atomic mass is 9.84. The molecule has 2 aromatic rings. The van der Waals surface area contributed by atoms with Gasteiger partial charge in [-0.25, -0.2) is 0 Å². The average molecular weight is 462 g/mol. The van der Waals surface area contributed by atoms with E-state index >= 15 is 0 Å². The molecule has 3 N–H and O–H groups in total. The number of aromatic nitrogens is 1. The zero-order chi connectivity index (χ0) is 25.2. The molecule has 182 valence electrons. The van der Waals surface area contributed by atoms with Gasteiger partial charge in [-0.1, -0.05) is 43.2 Å². The summed E-state index contributed by atoms with van der Waals surface area (Å²) in [5, 5.41) is 6.80. The van der Waals surface area contributed by atoms with E-state index in [2.05, 4.69) is 88.0 Å². The van der Waals surface area contributed by atoms with E-state index in [0.29, 0.717) is 6.42 Å². The van der Waals surface area contributed by atoms with Crippen molar-refractivity contribution < 1.29 is 9.59 Å². The fourth-order valence-electron chi connectivity index (χ4n) is 4.35. The number of amides is 2. The summed E-state index contributed by atoms with van der Waals surface area (Å²) in [7, 11) is 0. The Hall–Kier alpha value is -3.08. The van der Waals surface area contributed by atoms with Gasteiger partial charge in [0.1, 0.15) is 12.1 Å². The fourth-order valence-corrected chi connectivity index (χ4v) is 4.35. The highest BCUT2D eigenvalue weighted by Gasteiger charge is 2.34. The average Bonchev–Trinajstić information content (AvgIpc) is 3.12. The number of benzene rings is 1. The maximum atomic E-state index is 12.7. The lowest BCUT2D eigenvalue weighted by molar-refractivity contribution is -0.136. The van der Waals surface area contributed by atoms with Gasteiger partial charge in [0.05, 0.1) is 0 Å². The van der Waals surface area contributed by atoms with Crippen LogP contribution in [-0.4, -0.2) is 28.9 Å². The Morgan fingerprint density at radius 2 is 1.56 bits per heavy atom. The molecule has 0 saturated carbocycles. The lowest BCUT2D eigenvalue weighted by Gasteiger charge is -2.29. The number of aromatic amines is 1. The molecule has 0 unspecified atom stereocenters. The Balaban J connectivity index is 2.18. The normalized spacial score (nSPS) is 18.3. The van der Waals surface area contributed by atoms with Gasteiger partial charge in [0, 0.05) is 28.4 Å². The third kappa shape index (κ3) is 5.52. The van der Waals surface area contributed by atoms with Crippen molar-refractivity contribution in [1.29, 1.82) is 0 Å². The minimum Gasteiger partial charge on any atom is -0.357 e. The zero-order valence-electron chi connectivity index (χ0n) is 21.7. The van der Waals surface area contributed by atoms with Gasteiger partial charge >= 0.3 is 0 Å². The van der Waals surface area contributed by atoms with E-state index in [9.17, 15) is 9.59 Å². The van der Waals surface area contributed by atoms with E-state index in [-0.39, 0.29) is 17.2 Å². The predicted molar refractivity (Wildman–Crippen MR) is 141 cm³/mol. The number of rotatable bonds is 8. The smallest absolute Gasteiger partial charge is 0.243 e. The van der Waals surface area contributed by atoms with E-state index in [1.54, 1.807) is 6.92 Å². The largest absolute Gasteiger partial charge is 0.357 e. The molecule has 0 bridgehead atoms. The number of fused-ring (bicyclic) bond motifs is 1. The number of H-pyrrole nitrogens is 1. The van der Waals surface area contributed by atoms with Crippen molar-refractivity contribution in [3.05, 3.63) is 70.5 Å². The van der Waals surface area contributed by atoms with Crippen LogP contribution < -0.4 is 10.6 Å². The number of nitrogens with one attached hydrogen (secondary N) is 3. The van der Waals surface area contributed by atoms with E-state index in [0.717, 1.165) is 35.0 Å². The first-order valence-corrected chi connectivity index (χ1v) is 12.1. The number of piperazine rings is 1. The Kier molecular flexibility index (Phi) is 7.54. The molecule has 0 spiro atoms. The Labute approximate surface area is 203 Å². The molecule has 1 aliphatic rings. The van der Waals surface area contributed by atoms with Crippen LogP contribution in [0.25, 0.3) is 10.9 Å². The van der Waals surface area contributed by atoms with Gasteiger partial charge in [-0.3, -0.25) is 9.59 Å². The van der Waals surface area contributed by atoms with Crippen LogP contribution in [0.2, 0.25) is 0 Å². The van der Waals surface area contributed by atoms with Gasteiger partial charge in [0.15, 0.2) is 0 Å². The highest BCUT2D eigenvalue weighted by molar-refractivity contribution is 5.97. The third-order valence-electron chi connectivity index (χ3n) is 6.63. The first-order chi connectivity index (χ1) is 15.9. The lowest BCUT2D eigenvalue weighted by Crippen LogP contribution is -2.61. The number of allylic oxidation sites excluding steroid dienone is 5. The van der Waals surface area contributed by atoms with Gasteiger partial charge in [0.25, 0.3) is 0 Å². The van der Waals surface area contributed by atoms with Crippen LogP contribution in [0.15, 0.2) is 48.1 Å². The molecular formula is C29H39N3O2. The van der Waals surface area contributed by atoms with E-state index in [1.165, 1.54) is 22.3 Å². The van der Waals surface area contributed by atoms with Crippen molar-refractivity contribution in [1.82, 2.24) is 15.6 Å². The first kappa shape index (κ1) is 25.5. The van der Waals surface area contributed by atoms with Crippen molar-refractivity contribution >= 4 is 22.7 Å². The highest BCUT2D eigenvalue weighted by Crippen LogP contribution is 2.35. The molecule has 3 rings (SSSR count). The van der Waals surface area contributed by atoms with Gasteiger partial charge in [-0.05, 0) is 76.3 Å². The zero-order valence-corrected chi connectivity index (χ0v) is 21.7. The molecule has 5 heteroatoms. The molecule has 1 aromatic heterocycles. The first-order valence-electron chi connectivity index (χ1n) is 12.1. The second-order valence-corrected chi connectivity index (χ2v) is 10.5. The molecule has 2 atom stereocenters. The molecule has 2 heterocycles. The molecule has 0 radical (unpaired) electrons. The number of carbonyl (C=O) groups is 2. The maximum Gasteiger partial charge on any atom is 0.243 e. The summed E-state index contributed by atoms with van der Waals surface area (Å²) in [4.78, 5) is 28.7. The quantitative estimate of drug-likeness (QED) is 0.473. The summed E-state index contributed by atoms with van der Waals surface area (Å²) in [6.07, 6.45) is 8.59. The second kappa shape index (κ2) is 10.0. The number of hydrogen-bond acceptors (Lipinski definition) is 2. The number of hydrogen-bond donors (Lipinski definition) is 3. The minimum absolute atomic E-state index is 0.145. The predicted octanol–water partition coefficient (Wildman–Crippen LogP) is 5.19. The van der Waals surface area contributed by atoms with Crippen molar-refractivity contribution in [3.8, 4) is 0 Å². The van der Waals surface area contributed by atoms with Crippen LogP contribution >= 0.6 is 0 Å². The Bertz CT molecular complexity index is 1170. The van der Waals surface area contributed by atoms with Crippen LogP contribution in [0.5, 0.6) is 0 Å². The highest BCUT2D eigenvalue weighted by atomic mass is 16.2. The monoisotopic (exact) mass is 461 g/mol. The second-order valence-electron chi connectivity index (χ2n) is 10.5. The van der Waals surface area contributed by atoms with Gasteiger partial charge in [-0.15, -0.1) is 6.58 Å². The van der Waals surface area contributed by atoms with Crippen molar-refractivity contribution in [2.24, 2.45) is 0 Å². The van der Waals surface area contributed by atoms with E-state index in [1.807, 2.05) is 6.08 Å². The molecule has 1 aliphatic heterocycles. The third-order valence-corrected chi connectivity index (χ3v) is 6.63. The van der Waals surface area contributed by atoms with Crippen LogP contribution in [0.3, 0.4) is 0 Å². The molecule has 5 nitrogen and oxygen atoms in total. The molecule has 1 fully saturated rings. The van der Waals surface area contributed by atoms with Crippen molar-refractivity contribution in [2.45, 2.75) is 85.2 Å². The Morgan fingerprint density at radius 1 is 0.971 bits per heavy atom. The van der Waals surface area contributed by atoms with Gasteiger partial charge in [0.2, 0.25) is 11.8 Å². The summed E-state index contributed by atoms with van der Waals surface area (Å²) in [6, 6.07) is 3.40. The van der Waals surface area contributed by atoms with E-state index < -0.39 is 12.1 Å². The van der Waals surface area contributed by atoms with E-state index in [4.69, 9.17) is 0 Å². The maximum absolute atomic E-state index is 12.7. The van der Waals surface area contributed by atoms with Crippen molar-refractivity contribution in [3.63, 3.8) is 0 Å². The fraction of sp³-hybridized carbons (Fsp3) is 0.448.